The second-order valence-corrected chi connectivity index (χ2v) is 8.74. The van der Waals surface area contributed by atoms with Crippen molar-refractivity contribution in [3.63, 3.8) is 0 Å². The molecule has 9 nitrogen and oxygen atoms in total. The summed E-state index contributed by atoms with van der Waals surface area (Å²) in [5.41, 5.74) is 0.238. The lowest BCUT2D eigenvalue weighted by molar-refractivity contribution is -0.141. The van der Waals surface area contributed by atoms with Crippen molar-refractivity contribution >= 4 is 22.8 Å². The minimum Gasteiger partial charge on any atom is -0.391 e. The molecule has 3 aromatic rings. The van der Waals surface area contributed by atoms with Crippen molar-refractivity contribution in [3.05, 3.63) is 54.3 Å². The van der Waals surface area contributed by atoms with Gasteiger partial charge in [0.1, 0.15) is 22.4 Å². The first-order valence-corrected chi connectivity index (χ1v) is 11.1. The Labute approximate surface area is 201 Å². The third-order valence-electron chi connectivity index (χ3n) is 6.32. The van der Waals surface area contributed by atoms with Crippen molar-refractivity contribution in [2.75, 3.05) is 26.2 Å². The lowest BCUT2D eigenvalue weighted by Gasteiger charge is -2.39. The van der Waals surface area contributed by atoms with Crippen LogP contribution >= 0.6 is 0 Å². The zero-order valence-electron chi connectivity index (χ0n) is 18.7. The summed E-state index contributed by atoms with van der Waals surface area (Å²) in [6.07, 6.45) is -2.37. The highest BCUT2D eigenvalue weighted by atomic mass is 19.4. The zero-order chi connectivity index (χ0) is 25.8. The number of hydrogen-bond acceptors (Lipinski definition) is 6. The number of aliphatic hydroxyl groups is 1. The summed E-state index contributed by atoms with van der Waals surface area (Å²) in [5, 5.41) is 14.4. The molecule has 0 unspecified atom stereocenters. The number of amides is 2. The minimum atomic E-state index is -4.61. The highest BCUT2D eigenvalue weighted by Crippen LogP contribution is 2.35. The first-order chi connectivity index (χ1) is 17.0. The quantitative estimate of drug-likeness (QED) is 0.433. The lowest BCUT2D eigenvalue weighted by atomic mass is 10.1. The molecular formula is C23H20F4N6O3. The van der Waals surface area contributed by atoms with E-state index in [-0.39, 0.29) is 47.9 Å². The third-order valence-corrected chi connectivity index (χ3v) is 6.32. The molecule has 1 atom stereocenters. The SMILES string of the molecule is C=C(F)C(=O)N1CC(n2nc(-c3ccc(C(F)(F)F)nc3)c3nccc(C(=O)N4CC[C@@H](O)C4)c32)C1. The van der Waals surface area contributed by atoms with Crippen LogP contribution in [0.15, 0.2) is 43.0 Å². The van der Waals surface area contributed by atoms with Crippen LogP contribution in [0.4, 0.5) is 17.6 Å². The molecule has 0 bridgehead atoms. The molecule has 2 aliphatic rings. The molecule has 5 heterocycles. The molecule has 2 amide bonds. The molecule has 0 aromatic carbocycles. The molecule has 36 heavy (non-hydrogen) atoms. The predicted octanol–water partition coefficient (Wildman–Crippen LogP) is 2.59. The average Bonchev–Trinajstić information content (AvgIpc) is 3.41. The first-order valence-electron chi connectivity index (χ1n) is 11.1. The second-order valence-electron chi connectivity index (χ2n) is 8.74. The second kappa shape index (κ2) is 8.66. The Bertz CT molecular complexity index is 1360. The Morgan fingerprint density at radius 2 is 1.83 bits per heavy atom. The first kappa shape index (κ1) is 23.9. The van der Waals surface area contributed by atoms with Gasteiger partial charge in [0.05, 0.1) is 17.7 Å². The normalized spacial score (nSPS) is 18.5. The lowest BCUT2D eigenvalue weighted by Crippen LogP contribution is -2.51. The van der Waals surface area contributed by atoms with Gasteiger partial charge in [-0.15, -0.1) is 0 Å². The number of alkyl halides is 3. The maximum absolute atomic E-state index is 13.3. The van der Waals surface area contributed by atoms with Crippen LogP contribution in [0.3, 0.4) is 0 Å². The molecule has 1 N–H and O–H groups in total. The molecule has 0 spiro atoms. The van der Waals surface area contributed by atoms with Gasteiger partial charge in [0.2, 0.25) is 0 Å². The van der Waals surface area contributed by atoms with Gasteiger partial charge in [-0.3, -0.25) is 24.2 Å². The van der Waals surface area contributed by atoms with E-state index in [0.29, 0.717) is 18.5 Å². The van der Waals surface area contributed by atoms with E-state index in [0.717, 1.165) is 12.3 Å². The Balaban J connectivity index is 1.59. The fourth-order valence-corrected chi connectivity index (χ4v) is 4.44. The number of halogens is 4. The van der Waals surface area contributed by atoms with Crippen LogP contribution in [0.1, 0.15) is 28.5 Å². The van der Waals surface area contributed by atoms with E-state index < -0.39 is 35.8 Å². The van der Waals surface area contributed by atoms with E-state index in [1.54, 1.807) is 0 Å². The number of aromatic nitrogens is 4. The fraction of sp³-hybridized carbons (Fsp3) is 0.348. The standard InChI is InChI=1S/C23H20F4N6O3/c1-12(24)21(35)32-9-14(10-32)33-20-16(22(36)31-7-5-15(34)11-31)4-6-28-19(20)18(30-33)13-2-3-17(29-8-13)23(25,26)27/h2-4,6,8,14-15,34H,1,5,7,9-11H2/t15-/m1/s1. The highest BCUT2D eigenvalue weighted by Gasteiger charge is 2.37. The van der Waals surface area contributed by atoms with Crippen LogP contribution in [0.5, 0.6) is 0 Å². The van der Waals surface area contributed by atoms with E-state index in [2.05, 4.69) is 21.6 Å². The molecule has 5 rings (SSSR count). The van der Waals surface area contributed by atoms with Gasteiger partial charge in [-0.05, 0) is 24.6 Å². The van der Waals surface area contributed by atoms with Gasteiger partial charge in [-0.1, -0.05) is 6.58 Å². The zero-order valence-corrected chi connectivity index (χ0v) is 18.7. The van der Waals surface area contributed by atoms with Gasteiger partial charge in [0.25, 0.3) is 11.8 Å². The van der Waals surface area contributed by atoms with Crippen molar-refractivity contribution in [1.82, 2.24) is 29.5 Å². The molecule has 0 aliphatic carbocycles. The van der Waals surface area contributed by atoms with Crippen molar-refractivity contribution in [3.8, 4) is 11.3 Å². The summed E-state index contributed by atoms with van der Waals surface area (Å²) in [7, 11) is 0. The summed E-state index contributed by atoms with van der Waals surface area (Å²) in [6.45, 7) is 3.72. The number of pyridine rings is 2. The van der Waals surface area contributed by atoms with Crippen LogP contribution in [0, 0.1) is 0 Å². The third kappa shape index (κ3) is 4.08. The van der Waals surface area contributed by atoms with Crippen molar-refractivity contribution in [2.24, 2.45) is 0 Å². The van der Waals surface area contributed by atoms with Gasteiger partial charge < -0.3 is 14.9 Å². The molecule has 0 saturated carbocycles. The smallest absolute Gasteiger partial charge is 0.391 e. The summed E-state index contributed by atoms with van der Waals surface area (Å²) in [6, 6.07) is 3.12. The van der Waals surface area contributed by atoms with E-state index >= 15 is 0 Å². The van der Waals surface area contributed by atoms with Gasteiger partial charge in [-0.25, -0.2) is 4.39 Å². The van der Waals surface area contributed by atoms with E-state index in [1.165, 1.54) is 32.8 Å². The van der Waals surface area contributed by atoms with Crippen LogP contribution in [0.2, 0.25) is 0 Å². The molecule has 3 aromatic heterocycles. The van der Waals surface area contributed by atoms with Crippen molar-refractivity contribution in [1.29, 1.82) is 0 Å². The molecule has 13 heteroatoms. The Hall–Kier alpha value is -3.87. The topological polar surface area (TPSA) is 104 Å². The summed E-state index contributed by atoms with van der Waals surface area (Å²) >= 11 is 0. The fourth-order valence-electron chi connectivity index (χ4n) is 4.44. The average molecular weight is 504 g/mol. The summed E-state index contributed by atoms with van der Waals surface area (Å²) < 4.78 is 53.8. The Morgan fingerprint density at radius 3 is 2.42 bits per heavy atom. The van der Waals surface area contributed by atoms with Gasteiger partial charge in [0, 0.05) is 44.1 Å². The number of nitrogens with zero attached hydrogens (tertiary/aromatic N) is 6. The number of likely N-dealkylation sites (tertiary alicyclic amines) is 2. The molecule has 0 radical (unpaired) electrons. The van der Waals surface area contributed by atoms with Gasteiger partial charge in [0.15, 0.2) is 5.83 Å². The summed E-state index contributed by atoms with van der Waals surface area (Å²) in [4.78, 5) is 35.8. The van der Waals surface area contributed by atoms with Crippen LogP contribution < -0.4 is 0 Å². The summed E-state index contributed by atoms with van der Waals surface area (Å²) in [5.74, 6) is -2.31. The van der Waals surface area contributed by atoms with Crippen LogP contribution in [-0.4, -0.2) is 78.8 Å². The predicted molar refractivity (Wildman–Crippen MR) is 118 cm³/mol. The molecule has 2 fully saturated rings. The number of carbonyl (C=O) groups excluding carboxylic acids is 2. The van der Waals surface area contributed by atoms with E-state index in [1.807, 2.05) is 0 Å². The number of fused-ring (bicyclic) bond motifs is 1. The largest absolute Gasteiger partial charge is 0.433 e. The maximum atomic E-state index is 13.3. The number of rotatable bonds is 4. The highest BCUT2D eigenvalue weighted by molar-refractivity contribution is 6.07. The van der Waals surface area contributed by atoms with Crippen LogP contribution in [-0.2, 0) is 11.0 Å². The Morgan fingerprint density at radius 1 is 1.08 bits per heavy atom. The van der Waals surface area contributed by atoms with Crippen molar-refractivity contribution < 1.29 is 32.3 Å². The maximum Gasteiger partial charge on any atom is 0.433 e. The van der Waals surface area contributed by atoms with Crippen LogP contribution in [0.25, 0.3) is 22.3 Å². The monoisotopic (exact) mass is 504 g/mol. The number of hydrogen-bond donors (Lipinski definition) is 1. The van der Waals surface area contributed by atoms with Gasteiger partial charge in [-0.2, -0.15) is 18.3 Å². The molecule has 188 valence electrons. The Kier molecular flexibility index (Phi) is 5.74. The number of carbonyl (C=O) groups is 2. The van der Waals surface area contributed by atoms with Gasteiger partial charge >= 0.3 is 6.18 Å². The molecule has 2 saturated heterocycles. The molecule has 2 aliphatic heterocycles. The van der Waals surface area contributed by atoms with E-state index in [9.17, 15) is 32.3 Å². The minimum absolute atomic E-state index is 0.0915. The van der Waals surface area contributed by atoms with E-state index in [4.69, 9.17) is 0 Å². The number of aliphatic hydroxyl groups excluding tert-OH is 1. The number of β-amino-alcohol motifs (C(OH)–C–C–N with tert-alkyl or cyclic N) is 1. The molecular weight excluding hydrogens is 484 g/mol. The van der Waals surface area contributed by atoms with Crippen molar-refractivity contribution in [2.45, 2.75) is 24.7 Å².